The van der Waals surface area contributed by atoms with E-state index in [1.54, 1.807) is 42.5 Å². The number of benzene rings is 2. The van der Waals surface area contributed by atoms with Crippen LogP contribution in [0.1, 0.15) is 35.3 Å². The zero-order chi connectivity index (χ0) is 18.6. The number of hydrogen-bond acceptors (Lipinski definition) is 4. The highest BCUT2D eigenvalue weighted by molar-refractivity contribution is 7.90. The molecule has 7 heteroatoms. The van der Waals surface area contributed by atoms with Gasteiger partial charge in [0.1, 0.15) is 5.75 Å². The van der Waals surface area contributed by atoms with E-state index < -0.39 is 9.84 Å². The number of carbonyl (C=O) groups is 1. The monoisotopic (exact) mass is 381 g/mol. The number of halogens is 1. The summed E-state index contributed by atoms with van der Waals surface area (Å²) in [5.74, 6) is 0.241. The van der Waals surface area contributed by atoms with E-state index in [-0.39, 0.29) is 16.8 Å². The van der Waals surface area contributed by atoms with E-state index in [0.717, 1.165) is 11.8 Å². The van der Waals surface area contributed by atoms with Crippen molar-refractivity contribution in [1.82, 2.24) is 5.32 Å². The smallest absolute Gasteiger partial charge is 0.251 e. The molecule has 1 atom stereocenters. The highest BCUT2D eigenvalue weighted by Crippen LogP contribution is 2.26. The molecule has 0 saturated heterocycles. The van der Waals surface area contributed by atoms with Crippen molar-refractivity contribution in [2.24, 2.45) is 0 Å². The van der Waals surface area contributed by atoms with Crippen LogP contribution in [0, 0.1) is 0 Å². The second-order valence-corrected chi connectivity index (χ2v) is 8.05. The number of amides is 1. The fourth-order valence-electron chi connectivity index (χ4n) is 2.42. The summed E-state index contributed by atoms with van der Waals surface area (Å²) in [5.41, 5.74) is 1.26. The lowest BCUT2D eigenvalue weighted by Gasteiger charge is -2.18. The Hall–Kier alpha value is -2.05. The van der Waals surface area contributed by atoms with E-state index in [4.69, 9.17) is 16.3 Å². The zero-order valence-electron chi connectivity index (χ0n) is 14.2. The van der Waals surface area contributed by atoms with Gasteiger partial charge >= 0.3 is 0 Å². The van der Waals surface area contributed by atoms with Crippen LogP contribution in [0.15, 0.2) is 47.4 Å². The van der Waals surface area contributed by atoms with Crippen LogP contribution in [-0.4, -0.2) is 27.7 Å². The first-order valence-corrected chi connectivity index (χ1v) is 9.97. The van der Waals surface area contributed by atoms with Gasteiger partial charge < -0.3 is 10.1 Å². The van der Waals surface area contributed by atoms with E-state index in [1.165, 1.54) is 7.11 Å². The van der Waals surface area contributed by atoms with E-state index >= 15 is 0 Å². The lowest BCUT2D eigenvalue weighted by Crippen LogP contribution is -2.28. The molecule has 0 aromatic heterocycles. The Labute approximate surface area is 152 Å². The van der Waals surface area contributed by atoms with Crippen LogP contribution in [-0.2, 0) is 9.84 Å². The van der Waals surface area contributed by atoms with Crippen molar-refractivity contribution in [2.75, 3.05) is 13.4 Å². The van der Waals surface area contributed by atoms with Crippen LogP contribution in [0.2, 0.25) is 5.02 Å². The standard InChI is InChI=1S/C18H20ClNO4S/c1-4-16(12-5-8-14(9-6-12)25(3,22)23)20-18(21)13-7-10-17(24-2)15(19)11-13/h5-11,16H,4H2,1-3H3,(H,20,21). The number of rotatable bonds is 6. The van der Waals surface area contributed by atoms with Crippen molar-refractivity contribution in [2.45, 2.75) is 24.3 Å². The van der Waals surface area contributed by atoms with Crippen LogP contribution in [0.5, 0.6) is 5.75 Å². The van der Waals surface area contributed by atoms with Crippen molar-refractivity contribution in [1.29, 1.82) is 0 Å². The molecule has 1 amide bonds. The van der Waals surface area contributed by atoms with Gasteiger partial charge in [0, 0.05) is 11.8 Å². The van der Waals surface area contributed by atoms with Crippen molar-refractivity contribution in [3.63, 3.8) is 0 Å². The third-order valence-electron chi connectivity index (χ3n) is 3.84. The van der Waals surface area contributed by atoms with Crippen LogP contribution < -0.4 is 10.1 Å². The minimum Gasteiger partial charge on any atom is -0.495 e. The summed E-state index contributed by atoms with van der Waals surface area (Å²) in [6.45, 7) is 1.94. The highest BCUT2D eigenvalue weighted by atomic mass is 35.5. The van der Waals surface area contributed by atoms with Crippen LogP contribution in [0.3, 0.4) is 0 Å². The van der Waals surface area contributed by atoms with Gasteiger partial charge in [0.25, 0.3) is 5.91 Å². The molecule has 134 valence electrons. The summed E-state index contributed by atoms with van der Waals surface area (Å²) >= 11 is 6.06. The SMILES string of the molecule is CCC(NC(=O)c1ccc(OC)c(Cl)c1)c1ccc(S(C)(=O)=O)cc1. The molecule has 0 aliphatic heterocycles. The van der Waals surface area contributed by atoms with Gasteiger partial charge in [-0.15, -0.1) is 0 Å². The molecule has 0 aliphatic carbocycles. The van der Waals surface area contributed by atoms with Crippen molar-refractivity contribution in [3.8, 4) is 5.75 Å². The number of hydrogen-bond donors (Lipinski definition) is 1. The first-order valence-electron chi connectivity index (χ1n) is 7.70. The Bertz CT molecular complexity index is 863. The minimum atomic E-state index is -3.24. The first-order chi connectivity index (χ1) is 11.8. The Morgan fingerprint density at radius 1 is 1.20 bits per heavy atom. The second-order valence-electron chi connectivity index (χ2n) is 5.62. The largest absolute Gasteiger partial charge is 0.495 e. The molecule has 0 spiro atoms. The predicted octanol–water partition coefficient (Wildman–Crippen LogP) is 3.63. The van der Waals surface area contributed by atoms with Gasteiger partial charge in [-0.1, -0.05) is 30.7 Å². The van der Waals surface area contributed by atoms with E-state index in [0.29, 0.717) is 22.8 Å². The minimum absolute atomic E-state index is 0.234. The van der Waals surface area contributed by atoms with Crippen molar-refractivity contribution >= 4 is 27.3 Å². The fourth-order valence-corrected chi connectivity index (χ4v) is 3.31. The zero-order valence-corrected chi connectivity index (χ0v) is 15.8. The summed E-state index contributed by atoms with van der Waals surface area (Å²) in [4.78, 5) is 12.7. The molecule has 2 aromatic carbocycles. The van der Waals surface area contributed by atoms with E-state index in [1.807, 2.05) is 6.92 Å². The molecule has 5 nitrogen and oxygen atoms in total. The molecule has 2 aromatic rings. The fraction of sp³-hybridized carbons (Fsp3) is 0.278. The van der Waals surface area contributed by atoms with Gasteiger partial charge in [0.15, 0.2) is 9.84 Å². The Balaban J connectivity index is 2.18. The van der Waals surface area contributed by atoms with Gasteiger partial charge in [-0.2, -0.15) is 0 Å². The van der Waals surface area contributed by atoms with E-state index in [2.05, 4.69) is 5.32 Å². The summed E-state index contributed by atoms with van der Waals surface area (Å²) in [6, 6.07) is 11.1. The third kappa shape index (κ3) is 4.74. The van der Waals surface area contributed by atoms with Gasteiger partial charge in [-0.3, -0.25) is 4.79 Å². The van der Waals surface area contributed by atoms with Crippen LogP contribution >= 0.6 is 11.6 Å². The molecule has 0 aliphatic rings. The topological polar surface area (TPSA) is 72.5 Å². The normalized spacial score (nSPS) is 12.5. The summed E-state index contributed by atoms with van der Waals surface area (Å²) in [5, 5.41) is 3.30. The van der Waals surface area contributed by atoms with Crippen molar-refractivity contribution < 1.29 is 17.9 Å². The molecule has 0 heterocycles. The summed E-state index contributed by atoms with van der Waals surface area (Å²) < 4.78 is 28.2. The molecule has 1 N–H and O–H groups in total. The molecule has 0 fully saturated rings. The Morgan fingerprint density at radius 3 is 2.32 bits per heavy atom. The number of nitrogens with one attached hydrogen (secondary N) is 1. The van der Waals surface area contributed by atoms with E-state index in [9.17, 15) is 13.2 Å². The predicted molar refractivity (Wildman–Crippen MR) is 98.1 cm³/mol. The van der Waals surface area contributed by atoms with Crippen molar-refractivity contribution in [3.05, 3.63) is 58.6 Å². The quantitative estimate of drug-likeness (QED) is 0.829. The lowest BCUT2D eigenvalue weighted by atomic mass is 10.0. The molecule has 2 rings (SSSR count). The molecule has 0 bridgehead atoms. The van der Waals surface area contributed by atoms with Crippen LogP contribution in [0.25, 0.3) is 0 Å². The molecular weight excluding hydrogens is 362 g/mol. The molecule has 1 unspecified atom stereocenters. The summed E-state index contributed by atoms with van der Waals surface area (Å²) in [6.07, 6.45) is 1.82. The molecule has 0 saturated carbocycles. The van der Waals surface area contributed by atoms with Crippen LogP contribution in [0.4, 0.5) is 0 Å². The van der Waals surface area contributed by atoms with Gasteiger partial charge in [0.05, 0.1) is 23.1 Å². The Kier molecular flexibility index (Phi) is 6.08. The van der Waals surface area contributed by atoms with Gasteiger partial charge in [-0.25, -0.2) is 8.42 Å². The average molecular weight is 382 g/mol. The number of methoxy groups -OCH3 is 1. The first kappa shape index (κ1) is 19.3. The maximum absolute atomic E-state index is 12.5. The maximum Gasteiger partial charge on any atom is 0.251 e. The molecule has 0 radical (unpaired) electrons. The second kappa shape index (κ2) is 7.89. The Morgan fingerprint density at radius 2 is 1.84 bits per heavy atom. The van der Waals surface area contributed by atoms with Gasteiger partial charge in [0.2, 0.25) is 0 Å². The molecular formula is C18H20ClNO4S. The number of ether oxygens (including phenoxy) is 1. The maximum atomic E-state index is 12.5. The highest BCUT2D eigenvalue weighted by Gasteiger charge is 2.16. The number of sulfone groups is 1. The number of carbonyl (C=O) groups excluding carboxylic acids is 1. The third-order valence-corrected chi connectivity index (χ3v) is 5.26. The molecule has 25 heavy (non-hydrogen) atoms. The average Bonchev–Trinajstić information content (AvgIpc) is 2.58. The lowest BCUT2D eigenvalue weighted by molar-refractivity contribution is 0.0935. The summed E-state index contributed by atoms with van der Waals surface area (Å²) in [7, 11) is -1.74. The van der Waals surface area contributed by atoms with Gasteiger partial charge in [-0.05, 0) is 42.3 Å².